The molecule has 29 heavy (non-hydrogen) atoms. The Morgan fingerprint density at radius 3 is 2.34 bits per heavy atom. The summed E-state index contributed by atoms with van der Waals surface area (Å²) in [6, 6.07) is 11.0. The zero-order valence-corrected chi connectivity index (χ0v) is 18.8. The molecule has 0 aliphatic rings. The van der Waals surface area contributed by atoms with Gasteiger partial charge < -0.3 is 5.32 Å². The molecular weight excluding hydrogens is 454 g/mol. The molecule has 0 fully saturated rings. The largest absolute Gasteiger partial charge is 0.321 e. The summed E-state index contributed by atoms with van der Waals surface area (Å²) in [7, 11) is 1.77. The molecule has 2 N–H and O–H groups in total. The first-order chi connectivity index (χ1) is 13.8. The third-order valence-corrected chi connectivity index (χ3v) is 6.27. The van der Waals surface area contributed by atoms with Crippen LogP contribution in [0.15, 0.2) is 46.0 Å². The van der Waals surface area contributed by atoms with E-state index in [9.17, 15) is 9.59 Å². The number of hydrogen-bond acceptors (Lipinski definition) is 5. The van der Waals surface area contributed by atoms with Crippen LogP contribution in [0.5, 0.6) is 0 Å². The fraction of sp³-hybridized carbons (Fsp3) is 0.200. The second-order valence-corrected chi connectivity index (χ2v) is 8.53. The van der Waals surface area contributed by atoms with Crippen molar-refractivity contribution in [3.63, 3.8) is 0 Å². The van der Waals surface area contributed by atoms with Gasteiger partial charge in [-0.3, -0.25) is 14.3 Å². The maximum absolute atomic E-state index is 12.3. The average molecular weight is 474 g/mol. The van der Waals surface area contributed by atoms with Crippen LogP contribution < -0.4 is 10.7 Å². The number of hydrazone groups is 1. The van der Waals surface area contributed by atoms with Gasteiger partial charge in [0.15, 0.2) is 5.69 Å². The van der Waals surface area contributed by atoms with Crippen molar-refractivity contribution in [1.82, 2.24) is 15.2 Å². The second-order valence-electron chi connectivity index (χ2n) is 6.45. The van der Waals surface area contributed by atoms with E-state index in [0.29, 0.717) is 20.7 Å². The van der Waals surface area contributed by atoms with E-state index in [1.54, 1.807) is 30.8 Å². The predicted octanol–water partition coefficient (Wildman–Crippen LogP) is 4.27. The highest BCUT2D eigenvalue weighted by molar-refractivity contribution is 9.10. The van der Waals surface area contributed by atoms with Crippen LogP contribution in [0.3, 0.4) is 0 Å². The molecule has 0 spiro atoms. The number of nitrogens with one attached hydrogen (secondary N) is 2. The van der Waals surface area contributed by atoms with Gasteiger partial charge in [-0.05, 0) is 66.5 Å². The van der Waals surface area contributed by atoms with Crippen molar-refractivity contribution in [3.05, 3.63) is 67.6 Å². The Bertz CT molecular complexity index is 1100. The van der Waals surface area contributed by atoms with Crippen molar-refractivity contribution >= 4 is 50.5 Å². The smallest absolute Gasteiger partial charge is 0.293 e. The number of aromatic nitrogens is 2. The summed E-state index contributed by atoms with van der Waals surface area (Å²) in [6.07, 6.45) is 0. The summed E-state index contributed by atoms with van der Waals surface area (Å²) < 4.78 is 2.27. The summed E-state index contributed by atoms with van der Waals surface area (Å²) in [5.74, 6) is -0.528. The highest BCUT2D eigenvalue weighted by Gasteiger charge is 2.17. The van der Waals surface area contributed by atoms with Gasteiger partial charge in [-0.15, -0.1) is 11.3 Å². The van der Waals surface area contributed by atoms with Crippen LogP contribution in [-0.2, 0) is 7.05 Å². The third kappa shape index (κ3) is 4.80. The summed E-state index contributed by atoms with van der Waals surface area (Å²) in [4.78, 5) is 26.3. The lowest BCUT2D eigenvalue weighted by Crippen LogP contribution is -2.20. The Morgan fingerprint density at radius 1 is 1.10 bits per heavy atom. The van der Waals surface area contributed by atoms with Gasteiger partial charge in [0.25, 0.3) is 11.8 Å². The number of anilines is 1. The molecule has 0 aliphatic heterocycles. The predicted molar refractivity (Wildman–Crippen MR) is 119 cm³/mol. The zero-order valence-electron chi connectivity index (χ0n) is 16.4. The summed E-state index contributed by atoms with van der Waals surface area (Å²) in [6.45, 7) is 5.62. The molecule has 7 nitrogen and oxygen atoms in total. The number of hydrogen-bond donors (Lipinski definition) is 2. The number of halogens is 1. The lowest BCUT2D eigenvalue weighted by atomic mass is 10.1. The molecule has 0 bridgehead atoms. The van der Waals surface area contributed by atoms with Crippen LogP contribution in [0, 0.1) is 13.8 Å². The van der Waals surface area contributed by atoms with Crippen LogP contribution >= 0.6 is 27.3 Å². The number of amides is 2. The Kier molecular flexibility index (Phi) is 6.29. The second kappa shape index (κ2) is 8.71. The Hall–Kier alpha value is -2.78. The molecule has 2 heterocycles. The normalized spacial score (nSPS) is 11.4. The molecule has 1 aromatic carbocycles. The molecule has 0 radical (unpaired) electrons. The van der Waals surface area contributed by atoms with Crippen molar-refractivity contribution in [1.29, 1.82) is 0 Å². The van der Waals surface area contributed by atoms with Crippen LogP contribution in [0.25, 0.3) is 0 Å². The third-order valence-electron chi connectivity index (χ3n) is 4.33. The van der Waals surface area contributed by atoms with Gasteiger partial charge in [0.1, 0.15) is 0 Å². The van der Waals surface area contributed by atoms with Crippen LogP contribution in [0.4, 0.5) is 5.69 Å². The molecule has 3 rings (SSSR count). The molecule has 0 aliphatic carbocycles. The van der Waals surface area contributed by atoms with Crippen LogP contribution in [0.1, 0.15) is 43.2 Å². The van der Waals surface area contributed by atoms with Crippen LogP contribution in [0.2, 0.25) is 0 Å². The number of carbonyl (C=O) groups excluding carboxylic acids is 2. The lowest BCUT2D eigenvalue weighted by Gasteiger charge is -2.06. The molecule has 2 aromatic heterocycles. The average Bonchev–Trinajstić information content (AvgIpc) is 3.25. The fourth-order valence-corrected chi connectivity index (χ4v) is 3.80. The quantitative estimate of drug-likeness (QED) is 0.428. The molecule has 0 atom stereocenters. The van der Waals surface area contributed by atoms with Gasteiger partial charge in [-0.2, -0.15) is 10.2 Å². The first-order valence-corrected chi connectivity index (χ1v) is 10.4. The number of carbonyl (C=O) groups is 2. The standard InChI is InChI=1S/C20H20BrN5O2S/c1-11-5-10-16(29-11)19(27)22-15-8-6-14(7-9-15)12(2)23-24-20(28)18-17(21)13(3)26(4)25-18/h5-10H,1-4H3,(H,22,27)(H,24,28)/b23-12-. The Balaban J connectivity index is 1.65. The maximum Gasteiger partial charge on any atom is 0.293 e. The number of nitrogens with zero attached hydrogens (tertiary/aromatic N) is 3. The summed E-state index contributed by atoms with van der Waals surface area (Å²) in [5.41, 5.74) is 5.81. The Labute approximate surface area is 181 Å². The van der Waals surface area contributed by atoms with E-state index in [2.05, 4.69) is 36.9 Å². The van der Waals surface area contributed by atoms with E-state index in [4.69, 9.17) is 0 Å². The molecule has 3 aromatic rings. The van der Waals surface area contributed by atoms with Gasteiger partial charge in [-0.25, -0.2) is 5.43 Å². The maximum atomic E-state index is 12.3. The minimum atomic E-state index is -0.393. The minimum Gasteiger partial charge on any atom is -0.321 e. The zero-order chi connectivity index (χ0) is 21.1. The molecule has 0 saturated carbocycles. The van der Waals surface area contributed by atoms with E-state index in [-0.39, 0.29) is 11.6 Å². The van der Waals surface area contributed by atoms with Crippen molar-refractivity contribution in [2.24, 2.45) is 12.1 Å². The SMILES string of the molecule is C/C(=N/NC(=O)c1nn(C)c(C)c1Br)c1ccc(NC(=O)c2ccc(C)s2)cc1. The number of thiophene rings is 1. The fourth-order valence-electron chi connectivity index (χ4n) is 2.52. The van der Waals surface area contributed by atoms with E-state index in [1.807, 2.05) is 38.1 Å². The van der Waals surface area contributed by atoms with E-state index >= 15 is 0 Å². The molecular formula is C20H20BrN5O2S. The highest BCUT2D eigenvalue weighted by atomic mass is 79.9. The first-order valence-electron chi connectivity index (χ1n) is 8.78. The molecule has 9 heteroatoms. The number of benzene rings is 1. The molecule has 2 amide bonds. The topological polar surface area (TPSA) is 88.4 Å². The van der Waals surface area contributed by atoms with Crippen molar-refractivity contribution in [2.75, 3.05) is 5.32 Å². The van der Waals surface area contributed by atoms with Gasteiger partial charge in [0.05, 0.1) is 20.8 Å². The van der Waals surface area contributed by atoms with E-state index in [1.165, 1.54) is 11.3 Å². The lowest BCUT2D eigenvalue weighted by molar-refractivity contribution is 0.0947. The highest BCUT2D eigenvalue weighted by Crippen LogP contribution is 2.20. The van der Waals surface area contributed by atoms with Gasteiger partial charge >= 0.3 is 0 Å². The summed E-state index contributed by atoms with van der Waals surface area (Å²) in [5, 5.41) is 11.2. The number of aryl methyl sites for hydroxylation is 2. The summed E-state index contributed by atoms with van der Waals surface area (Å²) >= 11 is 4.83. The monoisotopic (exact) mass is 473 g/mol. The van der Waals surface area contributed by atoms with Gasteiger partial charge in [-0.1, -0.05) is 12.1 Å². The molecule has 150 valence electrons. The first kappa shape index (κ1) is 20.9. The van der Waals surface area contributed by atoms with E-state index < -0.39 is 5.91 Å². The Morgan fingerprint density at radius 2 is 1.79 bits per heavy atom. The molecule has 0 saturated heterocycles. The van der Waals surface area contributed by atoms with E-state index in [0.717, 1.165) is 16.1 Å². The van der Waals surface area contributed by atoms with Crippen molar-refractivity contribution in [3.8, 4) is 0 Å². The van der Waals surface area contributed by atoms with Crippen molar-refractivity contribution in [2.45, 2.75) is 20.8 Å². The minimum absolute atomic E-state index is 0.135. The molecule has 0 unspecified atom stereocenters. The van der Waals surface area contributed by atoms with Gasteiger partial charge in [0, 0.05) is 17.6 Å². The van der Waals surface area contributed by atoms with Crippen LogP contribution in [-0.4, -0.2) is 27.3 Å². The van der Waals surface area contributed by atoms with Crippen molar-refractivity contribution < 1.29 is 9.59 Å². The van der Waals surface area contributed by atoms with Gasteiger partial charge in [0.2, 0.25) is 0 Å². The number of rotatable bonds is 5.